The average molecular weight is 504 g/mol. The minimum atomic E-state index is -3.51. The molecule has 2 saturated heterocycles. The zero-order chi connectivity index (χ0) is 25.2. The molecular weight excluding hydrogens is 462 g/mol. The fourth-order valence-corrected chi connectivity index (χ4v) is 6.63. The van der Waals surface area contributed by atoms with Crippen molar-refractivity contribution >= 4 is 10.0 Å². The second-order valence-electron chi connectivity index (χ2n) is 10.4. The topological polar surface area (TPSA) is 85.7 Å². The first-order chi connectivity index (χ1) is 16.6. The molecule has 1 aromatic heterocycles. The summed E-state index contributed by atoms with van der Waals surface area (Å²) in [5.41, 5.74) is 2.18. The number of nitrogens with zero attached hydrogens (tertiary/aromatic N) is 5. The number of hydrogen-bond acceptors (Lipinski definition) is 7. The van der Waals surface area contributed by atoms with Gasteiger partial charge < -0.3 is 15.5 Å². The van der Waals surface area contributed by atoms with E-state index in [1.165, 1.54) is 9.87 Å². The molecule has 1 aromatic carbocycles. The SMILES string of the molecule is CC1CN(Cc2cnn(-c3ccc(S(=O)(=O)N(C)CCN(C)C)cc3)c2)C2(CCNCC2)C(C)N1. The molecule has 10 heteroatoms. The molecule has 0 aliphatic carbocycles. The van der Waals surface area contributed by atoms with Gasteiger partial charge in [0.15, 0.2) is 0 Å². The number of benzene rings is 1. The largest absolute Gasteiger partial charge is 0.317 e. The number of likely N-dealkylation sites (N-methyl/N-ethyl adjacent to an activating group) is 2. The summed E-state index contributed by atoms with van der Waals surface area (Å²) >= 11 is 0. The van der Waals surface area contributed by atoms with Crippen molar-refractivity contribution in [2.24, 2.45) is 0 Å². The molecule has 2 aliphatic rings. The summed E-state index contributed by atoms with van der Waals surface area (Å²) in [5, 5.41) is 11.9. The van der Waals surface area contributed by atoms with Gasteiger partial charge in [0.1, 0.15) is 0 Å². The Hall–Kier alpha value is -1.82. The fraction of sp³-hybridized carbons (Fsp3) is 0.640. The number of rotatable bonds is 8. The normalized spacial score (nSPS) is 23.4. The summed E-state index contributed by atoms with van der Waals surface area (Å²) in [6.45, 7) is 9.68. The van der Waals surface area contributed by atoms with Crippen molar-refractivity contribution in [3.63, 3.8) is 0 Å². The van der Waals surface area contributed by atoms with Crippen LogP contribution in [0.3, 0.4) is 0 Å². The lowest BCUT2D eigenvalue weighted by Gasteiger charge is -2.55. The van der Waals surface area contributed by atoms with Crippen molar-refractivity contribution in [1.82, 2.24) is 34.5 Å². The lowest BCUT2D eigenvalue weighted by atomic mass is 9.77. The quantitative estimate of drug-likeness (QED) is 0.563. The van der Waals surface area contributed by atoms with E-state index in [-0.39, 0.29) is 5.54 Å². The van der Waals surface area contributed by atoms with E-state index in [0.717, 1.165) is 44.7 Å². The number of nitrogens with one attached hydrogen (secondary N) is 2. The summed E-state index contributed by atoms with van der Waals surface area (Å²) in [4.78, 5) is 4.92. The van der Waals surface area contributed by atoms with E-state index < -0.39 is 10.0 Å². The first-order valence-electron chi connectivity index (χ1n) is 12.6. The summed E-state index contributed by atoms with van der Waals surface area (Å²) in [5.74, 6) is 0. The molecule has 0 saturated carbocycles. The van der Waals surface area contributed by atoms with Crippen LogP contribution in [0.15, 0.2) is 41.6 Å². The lowest BCUT2D eigenvalue weighted by molar-refractivity contribution is -0.0203. The number of aromatic nitrogens is 2. The van der Waals surface area contributed by atoms with Gasteiger partial charge in [0.05, 0.1) is 16.8 Å². The monoisotopic (exact) mass is 503 g/mol. The Morgan fingerprint density at radius 3 is 2.43 bits per heavy atom. The predicted molar refractivity (Wildman–Crippen MR) is 139 cm³/mol. The van der Waals surface area contributed by atoms with Crippen LogP contribution in [0.5, 0.6) is 0 Å². The molecule has 3 heterocycles. The van der Waals surface area contributed by atoms with Crippen LogP contribution in [0.4, 0.5) is 0 Å². The Balaban J connectivity index is 1.47. The molecule has 9 nitrogen and oxygen atoms in total. The standard InChI is InChI=1S/C25H41N7O2S/c1-20-17-31(25(21(2)28-20)10-12-26-13-11-25)18-22-16-27-32(19-22)23-6-8-24(9-7-23)35(33,34)30(5)15-14-29(3)4/h6-9,16,19-21,26,28H,10-15,17-18H2,1-5H3. The van der Waals surface area contributed by atoms with Crippen LogP contribution < -0.4 is 10.6 Å². The van der Waals surface area contributed by atoms with Crippen molar-refractivity contribution in [3.8, 4) is 5.69 Å². The number of piperidine rings is 1. The molecule has 0 bridgehead atoms. The Morgan fingerprint density at radius 1 is 1.09 bits per heavy atom. The molecule has 2 atom stereocenters. The number of piperazine rings is 1. The maximum Gasteiger partial charge on any atom is 0.242 e. The average Bonchev–Trinajstić information content (AvgIpc) is 3.30. The molecule has 2 fully saturated rings. The van der Waals surface area contributed by atoms with Crippen LogP contribution in [-0.4, -0.2) is 104 Å². The van der Waals surface area contributed by atoms with E-state index in [1.807, 2.05) is 42.0 Å². The van der Waals surface area contributed by atoms with Crippen LogP contribution in [0.2, 0.25) is 0 Å². The zero-order valence-corrected chi connectivity index (χ0v) is 22.6. The van der Waals surface area contributed by atoms with Gasteiger partial charge in [0.2, 0.25) is 10.0 Å². The highest BCUT2D eigenvalue weighted by Gasteiger charge is 2.46. The molecule has 2 aliphatic heterocycles. The molecule has 4 rings (SSSR count). The molecule has 194 valence electrons. The molecule has 1 spiro atoms. The number of hydrogen-bond donors (Lipinski definition) is 2. The molecule has 2 unspecified atom stereocenters. The fourth-order valence-electron chi connectivity index (χ4n) is 5.47. The van der Waals surface area contributed by atoms with E-state index in [1.54, 1.807) is 19.2 Å². The lowest BCUT2D eigenvalue weighted by Crippen LogP contribution is -2.70. The van der Waals surface area contributed by atoms with Gasteiger partial charge in [-0.2, -0.15) is 9.40 Å². The first-order valence-corrected chi connectivity index (χ1v) is 14.0. The Bertz CT molecular complexity index is 1080. The second kappa shape index (κ2) is 10.7. The maximum absolute atomic E-state index is 12.9. The smallest absolute Gasteiger partial charge is 0.242 e. The van der Waals surface area contributed by atoms with Gasteiger partial charge >= 0.3 is 0 Å². The third-order valence-electron chi connectivity index (χ3n) is 7.62. The molecule has 2 N–H and O–H groups in total. The third-order valence-corrected chi connectivity index (χ3v) is 9.49. The highest BCUT2D eigenvalue weighted by atomic mass is 32.2. The summed E-state index contributed by atoms with van der Waals surface area (Å²) in [7, 11) is 1.98. The predicted octanol–water partition coefficient (Wildman–Crippen LogP) is 1.36. The van der Waals surface area contributed by atoms with Gasteiger partial charge in [0, 0.05) is 62.6 Å². The Morgan fingerprint density at radius 2 is 1.77 bits per heavy atom. The van der Waals surface area contributed by atoms with E-state index in [0.29, 0.717) is 30.1 Å². The van der Waals surface area contributed by atoms with Crippen LogP contribution in [-0.2, 0) is 16.6 Å². The molecule has 0 amide bonds. The van der Waals surface area contributed by atoms with Crippen molar-refractivity contribution < 1.29 is 8.42 Å². The highest BCUT2D eigenvalue weighted by molar-refractivity contribution is 7.89. The Kier molecular flexibility index (Phi) is 7.99. The van der Waals surface area contributed by atoms with Crippen molar-refractivity contribution in [3.05, 3.63) is 42.2 Å². The minimum Gasteiger partial charge on any atom is -0.317 e. The minimum absolute atomic E-state index is 0.161. The van der Waals surface area contributed by atoms with Gasteiger partial charge in [-0.3, -0.25) is 4.90 Å². The molecule has 35 heavy (non-hydrogen) atoms. The van der Waals surface area contributed by atoms with Gasteiger partial charge in [-0.05, 0) is 78.1 Å². The molecule has 2 aromatic rings. The highest BCUT2D eigenvalue weighted by Crippen LogP contribution is 2.34. The van der Waals surface area contributed by atoms with Crippen LogP contribution in [0.1, 0.15) is 32.3 Å². The van der Waals surface area contributed by atoms with Crippen molar-refractivity contribution in [2.45, 2.75) is 55.8 Å². The Labute approximate surface area is 210 Å². The molecular formula is C25H41N7O2S. The van der Waals surface area contributed by atoms with Crippen LogP contribution in [0.25, 0.3) is 5.69 Å². The van der Waals surface area contributed by atoms with Gasteiger partial charge in [-0.1, -0.05) is 0 Å². The maximum atomic E-state index is 12.9. The molecule has 0 radical (unpaired) electrons. The van der Waals surface area contributed by atoms with E-state index >= 15 is 0 Å². The first kappa shape index (κ1) is 26.2. The number of sulfonamides is 1. The van der Waals surface area contributed by atoms with Gasteiger partial charge in [0.25, 0.3) is 0 Å². The van der Waals surface area contributed by atoms with Gasteiger partial charge in [-0.25, -0.2) is 13.1 Å². The summed E-state index contributed by atoms with van der Waals surface area (Å²) < 4.78 is 29.0. The van der Waals surface area contributed by atoms with Crippen LogP contribution in [0, 0.1) is 0 Å². The summed E-state index contributed by atoms with van der Waals surface area (Å²) in [6.07, 6.45) is 6.28. The zero-order valence-electron chi connectivity index (χ0n) is 21.7. The van der Waals surface area contributed by atoms with Crippen LogP contribution >= 0.6 is 0 Å². The third kappa shape index (κ3) is 5.63. The van der Waals surface area contributed by atoms with E-state index in [4.69, 9.17) is 0 Å². The van der Waals surface area contributed by atoms with E-state index in [2.05, 4.69) is 40.7 Å². The summed E-state index contributed by atoms with van der Waals surface area (Å²) in [6, 6.07) is 7.88. The van der Waals surface area contributed by atoms with Crippen molar-refractivity contribution in [1.29, 1.82) is 0 Å². The van der Waals surface area contributed by atoms with E-state index in [9.17, 15) is 8.42 Å². The van der Waals surface area contributed by atoms with Gasteiger partial charge in [-0.15, -0.1) is 0 Å². The van der Waals surface area contributed by atoms with Crippen molar-refractivity contribution in [2.75, 3.05) is 53.9 Å². The second-order valence-corrected chi connectivity index (χ2v) is 12.5.